The van der Waals surface area contributed by atoms with Crippen molar-refractivity contribution >= 4 is 21.6 Å². The molecule has 7 heteroatoms. The van der Waals surface area contributed by atoms with Crippen molar-refractivity contribution in [2.24, 2.45) is 0 Å². The molecule has 1 aliphatic carbocycles. The smallest absolute Gasteiger partial charge is 0.230 e. The Labute approximate surface area is 159 Å². The van der Waals surface area contributed by atoms with Gasteiger partial charge in [0.2, 0.25) is 15.9 Å². The highest BCUT2D eigenvalue weighted by Gasteiger charge is 2.52. The van der Waals surface area contributed by atoms with Crippen molar-refractivity contribution < 1.29 is 17.6 Å². The third-order valence-electron chi connectivity index (χ3n) is 4.76. The first-order valence-corrected chi connectivity index (χ1v) is 10.8. The van der Waals surface area contributed by atoms with Crippen LogP contribution in [0.4, 0.5) is 10.1 Å². The summed E-state index contributed by atoms with van der Waals surface area (Å²) in [5.41, 5.74) is 1.36. The Bertz CT molecular complexity index is 922. The predicted octanol–water partition coefficient (Wildman–Crippen LogP) is 2.98. The summed E-state index contributed by atoms with van der Waals surface area (Å²) in [5.74, 6) is -0.437. The lowest BCUT2D eigenvalue weighted by Gasteiger charge is -2.16. The summed E-state index contributed by atoms with van der Waals surface area (Å²) >= 11 is 0. The quantitative estimate of drug-likeness (QED) is 0.681. The van der Waals surface area contributed by atoms with E-state index in [4.69, 9.17) is 0 Å². The lowest BCUT2D eigenvalue weighted by Crippen LogP contribution is -2.36. The molecule has 0 bridgehead atoms. The fourth-order valence-electron chi connectivity index (χ4n) is 3.21. The third kappa shape index (κ3) is 4.86. The van der Waals surface area contributed by atoms with E-state index in [1.807, 2.05) is 12.1 Å². The SMILES string of the molecule is CS(=O)(=O)Nc1ccc(CCCNC(=O)C2(c3ccccc3F)CC2)cc1. The topological polar surface area (TPSA) is 75.3 Å². The highest BCUT2D eigenvalue weighted by Crippen LogP contribution is 2.49. The second kappa shape index (κ2) is 7.68. The highest BCUT2D eigenvalue weighted by molar-refractivity contribution is 7.92. The minimum Gasteiger partial charge on any atom is -0.355 e. The lowest BCUT2D eigenvalue weighted by molar-refractivity contribution is -0.123. The number of aryl methyl sites for hydroxylation is 1. The third-order valence-corrected chi connectivity index (χ3v) is 5.37. The molecule has 2 N–H and O–H groups in total. The monoisotopic (exact) mass is 390 g/mol. The molecule has 1 amide bonds. The summed E-state index contributed by atoms with van der Waals surface area (Å²) in [6, 6.07) is 13.6. The average molecular weight is 390 g/mol. The number of hydrogen-bond acceptors (Lipinski definition) is 3. The van der Waals surface area contributed by atoms with Gasteiger partial charge < -0.3 is 5.32 Å². The summed E-state index contributed by atoms with van der Waals surface area (Å²) < 4.78 is 38.8. The summed E-state index contributed by atoms with van der Waals surface area (Å²) in [6.45, 7) is 0.512. The van der Waals surface area contributed by atoms with E-state index in [0.29, 0.717) is 30.6 Å². The van der Waals surface area contributed by atoms with Crippen LogP contribution < -0.4 is 10.0 Å². The normalized spacial score (nSPS) is 15.2. The maximum absolute atomic E-state index is 14.0. The Hall–Kier alpha value is -2.41. The zero-order valence-corrected chi connectivity index (χ0v) is 16.0. The number of anilines is 1. The van der Waals surface area contributed by atoms with Crippen LogP contribution in [-0.4, -0.2) is 27.1 Å². The van der Waals surface area contributed by atoms with Crippen LogP contribution in [0.15, 0.2) is 48.5 Å². The maximum Gasteiger partial charge on any atom is 0.230 e. The standard InChI is InChI=1S/C20H23FN2O3S/c1-27(25,26)23-16-10-8-15(9-11-16)5-4-14-22-19(24)20(12-13-20)17-6-2-3-7-18(17)21/h2-3,6-11,23H,4-5,12-14H2,1H3,(H,22,24). The van der Waals surface area contributed by atoms with Crippen LogP contribution >= 0.6 is 0 Å². The molecule has 1 aliphatic rings. The first kappa shape index (κ1) is 19.4. The molecule has 1 saturated carbocycles. The largest absolute Gasteiger partial charge is 0.355 e. The van der Waals surface area contributed by atoms with Crippen LogP contribution in [0.3, 0.4) is 0 Å². The maximum atomic E-state index is 14.0. The molecule has 0 atom stereocenters. The Morgan fingerprint density at radius 1 is 1.11 bits per heavy atom. The van der Waals surface area contributed by atoms with Gasteiger partial charge in [0.05, 0.1) is 11.7 Å². The zero-order valence-electron chi connectivity index (χ0n) is 15.2. The van der Waals surface area contributed by atoms with Gasteiger partial charge in [-0.15, -0.1) is 0 Å². The van der Waals surface area contributed by atoms with Gasteiger partial charge in [0.15, 0.2) is 0 Å². The zero-order chi connectivity index (χ0) is 19.5. The molecular weight excluding hydrogens is 367 g/mol. The number of hydrogen-bond donors (Lipinski definition) is 2. The van der Waals surface area contributed by atoms with Gasteiger partial charge in [-0.05, 0) is 49.4 Å². The van der Waals surface area contributed by atoms with Crippen molar-refractivity contribution in [3.8, 4) is 0 Å². The molecule has 0 radical (unpaired) electrons. The molecule has 0 aromatic heterocycles. The molecule has 1 fully saturated rings. The van der Waals surface area contributed by atoms with Crippen LogP contribution in [0.1, 0.15) is 30.4 Å². The number of sulfonamides is 1. The van der Waals surface area contributed by atoms with Gasteiger partial charge in [0.25, 0.3) is 0 Å². The van der Waals surface area contributed by atoms with Crippen molar-refractivity contribution in [2.45, 2.75) is 31.1 Å². The van der Waals surface area contributed by atoms with E-state index in [2.05, 4.69) is 10.0 Å². The van der Waals surface area contributed by atoms with Gasteiger partial charge in [0.1, 0.15) is 5.82 Å². The Balaban J connectivity index is 1.48. The van der Waals surface area contributed by atoms with Crippen LogP contribution in [0.25, 0.3) is 0 Å². The van der Waals surface area contributed by atoms with Crippen molar-refractivity contribution in [3.63, 3.8) is 0 Å². The average Bonchev–Trinajstić information content (AvgIpc) is 3.41. The fraction of sp³-hybridized carbons (Fsp3) is 0.350. The second-order valence-corrected chi connectivity index (χ2v) is 8.74. The number of halogens is 1. The molecule has 27 heavy (non-hydrogen) atoms. The molecule has 3 rings (SSSR count). The van der Waals surface area contributed by atoms with E-state index in [0.717, 1.165) is 24.7 Å². The summed E-state index contributed by atoms with van der Waals surface area (Å²) in [7, 11) is -3.28. The molecule has 0 aliphatic heterocycles. The summed E-state index contributed by atoms with van der Waals surface area (Å²) in [6.07, 6.45) is 3.96. The van der Waals surface area contributed by atoms with Crippen LogP contribution in [0.2, 0.25) is 0 Å². The summed E-state index contributed by atoms with van der Waals surface area (Å²) in [4.78, 5) is 12.5. The van der Waals surface area contributed by atoms with Crippen molar-refractivity contribution in [1.82, 2.24) is 5.32 Å². The van der Waals surface area contributed by atoms with Crippen LogP contribution in [0, 0.1) is 5.82 Å². The molecule has 144 valence electrons. The van der Waals surface area contributed by atoms with Crippen molar-refractivity contribution in [1.29, 1.82) is 0 Å². The lowest BCUT2D eigenvalue weighted by atomic mass is 9.94. The first-order valence-electron chi connectivity index (χ1n) is 8.90. The molecule has 5 nitrogen and oxygen atoms in total. The van der Waals surface area contributed by atoms with Gasteiger partial charge in [-0.25, -0.2) is 12.8 Å². The van der Waals surface area contributed by atoms with E-state index >= 15 is 0 Å². The van der Waals surface area contributed by atoms with E-state index in [1.165, 1.54) is 6.07 Å². The molecule has 0 heterocycles. The molecule has 2 aromatic carbocycles. The minimum absolute atomic E-state index is 0.111. The number of rotatable bonds is 8. The van der Waals surface area contributed by atoms with Crippen molar-refractivity contribution in [3.05, 3.63) is 65.5 Å². The summed E-state index contributed by atoms with van der Waals surface area (Å²) in [5, 5.41) is 2.93. The van der Waals surface area contributed by atoms with E-state index < -0.39 is 15.4 Å². The Morgan fingerprint density at radius 2 is 1.78 bits per heavy atom. The Kier molecular flexibility index (Phi) is 5.51. The molecular formula is C20H23FN2O3S. The fourth-order valence-corrected chi connectivity index (χ4v) is 3.77. The number of nitrogens with one attached hydrogen (secondary N) is 2. The molecule has 0 unspecified atom stereocenters. The molecule has 0 spiro atoms. The highest BCUT2D eigenvalue weighted by atomic mass is 32.2. The van der Waals surface area contributed by atoms with Gasteiger partial charge in [-0.2, -0.15) is 0 Å². The van der Waals surface area contributed by atoms with Crippen LogP contribution in [-0.2, 0) is 26.7 Å². The number of benzene rings is 2. The van der Waals surface area contributed by atoms with E-state index in [1.54, 1.807) is 30.3 Å². The minimum atomic E-state index is -3.28. The molecule has 0 saturated heterocycles. The van der Waals surface area contributed by atoms with Gasteiger partial charge in [0, 0.05) is 17.8 Å². The van der Waals surface area contributed by atoms with E-state index in [-0.39, 0.29) is 11.7 Å². The molecule has 2 aromatic rings. The van der Waals surface area contributed by atoms with Crippen molar-refractivity contribution in [2.75, 3.05) is 17.5 Å². The van der Waals surface area contributed by atoms with E-state index in [9.17, 15) is 17.6 Å². The number of carbonyl (C=O) groups excluding carboxylic acids is 1. The number of carbonyl (C=O) groups is 1. The van der Waals surface area contributed by atoms with Gasteiger partial charge in [-0.1, -0.05) is 30.3 Å². The van der Waals surface area contributed by atoms with Crippen LogP contribution in [0.5, 0.6) is 0 Å². The van der Waals surface area contributed by atoms with Gasteiger partial charge >= 0.3 is 0 Å². The Morgan fingerprint density at radius 3 is 2.37 bits per heavy atom. The van der Waals surface area contributed by atoms with Gasteiger partial charge in [-0.3, -0.25) is 9.52 Å². The first-order chi connectivity index (χ1) is 12.8. The number of amides is 1. The second-order valence-electron chi connectivity index (χ2n) is 6.99. The predicted molar refractivity (Wildman–Crippen MR) is 104 cm³/mol.